The zero-order valence-electron chi connectivity index (χ0n) is 13.9. The summed E-state index contributed by atoms with van der Waals surface area (Å²) in [7, 11) is 0. The summed E-state index contributed by atoms with van der Waals surface area (Å²) < 4.78 is 2.05. The zero-order chi connectivity index (χ0) is 15.7. The van der Waals surface area contributed by atoms with Crippen LogP contribution >= 0.6 is 36.2 Å². The van der Waals surface area contributed by atoms with Crippen LogP contribution in [0.5, 0.6) is 0 Å². The number of hydrogen-bond donors (Lipinski definition) is 1. The molecule has 1 amide bonds. The van der Waals surface area contributed by atoms with E-state index >= 15 is 0 Å². The van der Waals surface area contributed by atoms with Gasteiger partial charge in [-0.2, -0.15) is 0 Å². The fourth-order valence-corrected chi connectivity index (χ4v) is 4.02. The lowest BCUT2D eigenvalue weighted by molar-refractivity contribution is 0.0622. The summed E-state index contributed by atoms with van der Waals surface area (Å²) in [6.45, 7) is 5.35. The molecule has 0 bridgehead atoms. The minimum absolute atomic E-state index is 0. The van der Waals surface area contributed by atoms with Crippen molar-refractivity contribution in [3.8, 4) is 5.13 Å². The highest BCUT2D eigenvalue weighted by atomic mass is 35.5. The molecule has 2 aromatic rings. The highest BCUT2D eigenvalue weighted by Crippen LogP contribution is 2.25. The van der Waals surface area contributed by atoms with E-state index < -0.39 is 0 Å². The van der Waals surface area contributed by atoms with Crippen molar-refractivity contribution in [1.29, 1.82) is 0 Å². The van der Waals surface area contributed by atoms with Crippen molar-refractivity contribution in [2.45, 2.75) is 39.2 Å². The van der Waals surface area contributed by atoms with Gasteiger partial charge in [-0.05, 0) is 39.2 Å². The summed E-state index contributed by atoms with van der Waals surface area (Å²) in [6, 6.07) is 2.14. The highest BCUT2D eigenvalue weighted by Gasteiger charge is 2.29. The second kappa shape index (κ2) is 8.85. The number of halogens is 2. The SMILES string of the molecule is Cc1cc(C(=O)N2CCCCC2CN)c(C)n1-c1nccs1.Cl.Cl. The van der Waals surface area contributed by atoms with Crippen LogP contribution in [0.2, 0.25) is 0 Å². The second-order valence-electron chi connectivity index (χ2n) is 5.82. The zero-order valence-corrected chi connectivity index (χ0v) is 16.3. The van der Waals surface area contributed by atoms with E-state index in [2.05, 4.69) is 9.55 Å². The Hall–Kier alpha value is -1.08. The molecule has 2 aromatic heterocycles. The topological polar surface area (TPSA) is 64.2 Å². The molecule has 3 rings (SSSR count). The first-order valence-electron chi connectivity index (χ1n) is 7.73. The summed E-state index contributed by atoms with van der Waals surface area (Å²) in [6.07, 6.45) is 5.01. The molecule has 1 saturated heterocycles. The van der Waals surface area contributed by atoms with E-state index in [-0.39, 0.29) is 36.8 Å². The molecular formula is C16H24Cl2N4OS. The van der Waals surface area contributed by atoms with Crippen LogP contribution in [0.3, 0.4) is 0 Å². The van der Waals surface area contributed by atoms with E-state index in [0.29, 0.717) is 6.54 Å². The van der Waals surface area contributed by atoms with E-state index in [9.17, 15) is 4.79 Å². The number of hydrogen-bond acceptors (Lipinski definition) is 4. The van der Waals surface area contributed by atoms with Gasteiger partial charge in [-0.3, -0.25) is 9.36 Å². The maximum Gasteiger partial charge on any atom is 0.255 e. The van der Waals surface area contributed by atoms with Crippen LogP contribution in [0.25, 0.3) is 5.13 Å². The lowest BCUT2D eigenvalue weighted by atomic mass is 10.0. The molecule has 1 aliphatic heterocycles. The Balaban J connectivity index is 0.00000144. The third-order valence-electron chi connectivity index (χ3n) is 4.43. The van der Waals surface area contributed by atoms with Crippen molar-refractivity contribution in [1.82, 2.24) is 14.5 Å². The van der Waals surface area contributed by atoms with Crippen LogP contribution in [0.15, 0.2) is 17.6 Å². The lowest BCUT2D eigenvalue weighted by Crippen LogP contribution is -2.47. The van der Waals surface area contributed by atoms with Crippen LogP contribution in [-0.4, -0.2) is 39.5 Å². The molecule has 1 atom stereocenters. The van der Waals surface area contributed by atoms with Gasteiger partial charge in [0, 0.05) is 42.1 Å². The average molecular weight is 391 g/mol. The van der Waals surface area contributed by atoms with Crippen LogP contribution in [-0.2, 0) is 0 Å². The summed E-state index contributed by atoms with van der Waals surface area (Å²) in [5.41, 5.74) is 8.62. The number of likely N-dealkylation sites (tertiary alicyclic amines) is 1. The fraction of sp³-hybridized carbons (Fsp3) is 0.500. The number of aromatic nitrogens is 2. The van der Waals surface area contributed by atoms with E-state index in [1.165, 1.54) is 0 Å². The third kappa shape index (κ3) is 3.77. The van der Waals surface area contributed by atoms with Crippen molar-refractivity contribution in [3.05, 3.63) is 34.6 Å². The normalized spacial score (nSPS) is 17.1. The summed E-state index contributed by atoms with van der Waals surface area (Å²) in [5.74, 6) is 0.103. The summed E-state index contributed by atoms with van der Waals surface area (Å²) >= 11 is 1.58. The first kappa shape index (κ1) is 21.0. The maximum atomic E-state index is 13.0. The molecule has 2 N–H and O–H groups in total. The average Bonchev–Trinajstić information content (AvgIpc) is 3.14. The van der Waals surface area contributed by atoms with Crippen molar-refractivity contribution in [2.75, 3.05) is 13.1 Å². The van der Waals surface area contributed by atoms with Crippen molar-refractivity contribution in [3.63, 3.8) is 0 Å². The van der Waals surface area contributed by atoms with Crippen molar-refractivity contribution in [2.24, 2.45) is 5.73 Å². The number of aryl methyl sites for hydroxylation is 1. The predicted octanol–water partition coefficient (Wildman–Crippen LogP) is 3.35. The number of piperidine rings is 1. The monoisotopic (exact) mass is 390 g/mol. The van der Waals surface area contributed by atoms with Gasteiger partial charge < -0.3 is 10.6 Å². The second-order valence-corrected chi connectivity index (χ2v) is 6.69. The number of nitrogens with two attached hydrogens (primary N) is 1. The largest absolute Gasteiger partial charge is 0.334 e. The van der Waals surface area contributed by atoms with Gasteiger partial charge >= 0.3 is 0 Å². The molecule has 5 nitrogen and oxygen atoms in total. The molecule has 0 radical (unpaired) electrons. The van der Waals surface area contributed by atoms with Crippen LogP contribution in [0, 0.1) is 13.8 Å². The molecule has 0 aliphatic carbocycles. The molecule has 134 valence electrons. The molecular weight excluding hydrogens is 367 g/mol. The van der Waals surface area contributed by atoms with E-state index in [0.717, 1.165) is 47.9 Å². The smallest absolute Gasteiger partial charge is 0.255 e. The number of carbonyl (C=O) groups excluding carboxylic acids is 1. The van der Waals surface area contributed by atoms with Gasteiger partial charge in [0.25, 0.3) is 5.91 Å². The quantitative estimate of drug-likeness (QED) is 0.873. The minimum Gasteiger partial charge on any atom is -0.334 e. The van der Waals surface area contributed by atoms with Gasteiger partial charge in [-0.1, -0.05) is 0 Å². The number of amides is 1. The van der Waals surface area contributed by atoms with Crippen LogP contribution < -0.4 is 5.73 Å². The standard InChI is InChI=1S/C16H22N4OS.2ClH/c1-11-9-14(12(2)20(11)16-18-6-8-22-16)15(21)19-7-4-3-5-13(19)10-17;;/h6,8-9,13H,3-5,7,10,17H2,1-2H3;2*1H. The number of carbonyl (C=O) groups is 1. The van der Waals surface area contributed by atoms with Gasteiger partial charge in [-0.15, -0.1) is 36.2 Å². The maximum absolute atomic E-state index is 13.0. The Morgan fingerprint density at radius 1 is 1.38 bits per heavy atom. The molecule has 8 heteroatoms. The lowest BCUT2D eigenvalue weighted by Gasteiger charge is -2.35. The molecule has 1 unspecified atom stereocenters. The van der Waals surface area contributed by atoms with E-state index in [1.54, 1.807) is 17.5 Å². The van der Waals surface area contributed by atoms with Crippen LogP contribution in [0.4, 0.5) is 0 Å². The molecule has 0 saturated carbocycles. The molecule has 24 heavy (non-hydrogen) atoms. The Morgan fingerprint density at radius 2 is 2.12 bits per heavy atom. The van der Waals surface area contributed by atoms with Crippen LogP contribution in [0.1, 0.15) is 41.0 Å². The predicted molar refractivity (Wildman–Crippen MR) is 103 cm³/mol. The Bertz CT molecular complexity index is 672. The van der Waals surface area contributed by atoms with Gasteiger partial charge in [0.05, 0.1) is 5.56 Å². The molecule has 1 fully saturated rings. The molecule has 0 spiro atoms. The molecule has 1 aliphatic rings. The summed E-state index contributed by atoms with van der Waals surface area (Å²) in [4.78, 5) is 19.3. The van der Waals surface area contributed by atoms with Gasteiger partial charge in [0.15, 0.2) is 5.13 Å². The van der Waals surface area contributed by atoms with Crippen molar-refractivity contribution < 1.29 is 4.79 Å². The Labute approximate surface area is 159 Å². The number of rotatable bonds is 3. The minimum atomic E-state index is 0. The van der Waals surface area contributed by atoms with E-state index in [1.807, 2.05) is 30.2 Å². The van der Waals surface area contributed by atoms with E-state index in [4.69, 9.17) is 5.73 Å². The molecule has 3 heterocycles. The Morgan fingerprint density at radius 3 is 2.75 bits per heavy atom. The number of thiazole rings is 1. The Kier molecular flexibility index (Phi) is 7.73. The highest BCUT2D eigenvalue weighted by molar-refractivity contribution is 7.12. The first-order valence-corrected chi connectivity index (χ1v) is 8.61. The molecule has 0 aromatic carbocycles. The first-order chi connectivity index (χ1) is 10.6. The fourth-order valence-electron chi connectivity index (χ4n) is 3.27. The van der Waals surface area contributed by atoms with Crippen molar-refractivity contribution >= 4 is 42.1 Å². The van der Waals surface area contributed by atoms with Gasteiger partial charge in [0.2, 0.25) is 0 Å². The number of nitrogens with zero attached hydrogens (tertiary/aromatic N) is 3. The summed E-state index contributed by atoms with van der Waals surface area (Å²) in [5, 5.41) is 2.85. The van der Waals surface area contributed by atoms with Gasteiger partial charge in [-0.25, -0.2) is 4.98 Å². The third-order valence-corrected chi connectivity index (χ3v) is 5.19. The van der Waals surface area contributed by atoms with Gasteiger partial charge in [0.1, 0.15) is 0 Å².